The molecule has 0 amide bonds. The first kappa shape index (κ1) is 14.6. The van der Waals surface area contributed by atoms with Gasteiger partial charge in [0.25, 0.3) is 0 Å². The van der Waals surface area contributed by atoms with Crippen LogP contribution in [0.25, 0.3) is 0 Å². The molecule has 0 radical (unpaired) electrons. The third kappa shape index (κ3) is 4.83. The van der Waals surface area contributed by atoms with Crippen LogP contribution in [0.5, 0.6) is 0 Å². The van der Waals surface area contributed by atoms with Gasteiger partial charge in [-0.2, -0.15) is 0 Å². The van der Waals surface area contributed by atoms with Gasteiger partial charge in [0.1, 0.15) is 0 Å². The minimum Gasteiger partial charge on any atom is -0.785 e. The molecule has 0 fully saturated rings. The van der Waals surface area contributed by atoms with Crippen LogP contribution < -0.4 is 59.1 Å². The number of hydrogen-bond acceptors (Lipinski definition) is 2. The first-order chi connectivity index (χ1) is 3.80. The van der Waals surface area contributed by atoms with Crippen LogP contribution in [-0.4, -0.2) is 5.25 Å². The molecule has 1 unspecified atom stereocenters. The minimum absolute atomic E-state index is 0. The molecular weight excluding hydrogens is 182 g/mol. The van der Waals surface area contributed by atoms with E-state index in [0.717, 1.165) is 11.3 Å². The van der Waals surface area contributed by atoms with Gasteiger partial charge in [-0.1, -0.05) is 6.08 Å². The van der Waals surface area contributed by atoms with Crippen molar-refractivity contribution < 1.29 is 59.1 Å². The zero-order valence-corrected chi connectivity index (χ0v) is 12.0. The van der Waals surface area contributed by atoms with Crippen LogP contribution in [0.4, 0.5) is 0 Å². The molecule has 1 aliphatic carbocycles. The van der Waals surface area contributed by atoms with Crippen LogP contribution in [0, 0.1) is 0 Å². The van der Waals surface area contributed by atoms with Gasteiger partial charge < -0.3 is 25.3 Å². The molecule has 1 aliphatic rings. The van der Waals surface area contributed by atoms with Gasteiger partial charge in [-0.3, -0.25) is 0 Å². The van der Waals surface area contributed by atoms with Gasteiger partial charge in [-0.15, -0.1) is 17.4 Å². The van der Waals surface area contributed by atoms with Crippen molar-refractivity contribution in [2.24, 2.45) is 0 Å². The maximum Gasteiger partial charge on any atom is 1.00 e. The Hall–Kier alpha value is 2.05. The van der Waals surface area contributed by atoms with E-state index in [1.54, 1.807) is 0 Å². The first-order valence-corrected chi connectivity index (χ1v) is 3.38. The Morgan fingerprint density at radius 1 is 1.40 bits per heavy atom. The molecule has 0 saturated heterocycles. The molecule has 0 aromatic heterocycles. The molecule has 0 bridgehead atoms. The van der Waals surface area contributed by atoms with Crippen molar-refractivity contribution in [1.29, 1.82) is 0 Å². The summed E-state index contributed by atoms with van der Waals surface area (Å²) in [5, 5.41) is 0.0822. The Kier molecular flexibility index (Phi) is 11.2. The summed E-state index contributed by atoms with van der Waals surface area (Å²) in [6.07, 6.45) is 6.98. The van der Waals surface area contributed by atoms with E-state index in [1.165, 1.54) is 0 Å². The summed E-state index contributed by atoms with van der Waals surface area (Å²) in [5.41, 5.74) is 0. The van der Waals surface area contributed by atoms with Crippen molar-refractivity contribution in [2.75, 3.05) is 0 Å². The standard InChI is InChI=1S/C6H8S2.2Na/c7-5-3-1-2-4-6(5)8;;/h1,3-5,7-8H,2H2;;/q;2*+1/p-2. The molecule has 0 saturated carbocycles. The van der Waals surface area contributed by atoms with Gasteiger partial charge in [0.05, 0.1) is 0 Å². The quantitative estimate of drug-likeness (QED) is 0.213. The Morgan fingerprint density at radius 3 is 2.30 bits per heavy atom. The Balaban J connectivity index is 0. The van der Waals surface area contributed by atoms with Crippen molar-refractivity contribution in [3.63, 3.8) is 0 Å². The predicted molar refractivity (Wildman–Crippen MR) is 40.4 cm³/mol. The van der Waals surface area contributed by atoms with Crippen LogP contribution in [0.2, 0.25) is 0 Å². The zero-order chi connectivity index (χ0) is 5.98. The number of rotatable bonds is 0. The van der Waals surface area contributed by atoms with Crippen molar-refractivity contribution in [3.05, 3.63) is 23.1 Å². The molecule has 0 spiro atoms. The summed E-state index contributed by atoms with van der Waals surface area (Å²) in [6, 6.07) is 0. The number of allylic oxidation sites excluding steroid dienone is 2. The van der Waals surface area contributed by atoms with Crippen LogP contribution in [-0.2, 0) is 25.3 Å². The van der Waals surface area contributed by atoms with Crippen molar-refractivity contribution >= 4 is 25.3 Å². The summed E-state index contributed by atoms with van der Waals surface area (Å²) < 4.78 is 0. The summed E-state index contributed by atoms with van der Waals surface area (Å²) in [7, 11) is 0. The van der Waals surface area contributed by atoms with Gasteiger partial charge >= 0.3 is 59.1 Å². The second-order valence-corrected chi connectivity index (χ2v) is 2.67. The SMILES string of the molecule is [Na+].[Na+].[S-]C1=CCC=CC1[S-]. The Morgan fingerprint density at radius 2 is 2.00 bits per heavy atom. The fourth-order valence-corrected chi connectivity index (χ4v) is 0.979. The van der Waals surface area contributed by atoms with E-state index in [0.29, 0.717) is 0 Å². The van der Waals surface area contributed by atoms with E-state index in [2.05, 4.69) is 0 Å². The molecule has 10 heavy (non-hydrogen) atoms. The third-order valence-electron chi connectivity index (χ3n) is 1.05. The summed E-state index contributed by atoms with van der Waals surface area (Å²) in [4.78, 5) is 0.905. The van der Waals surface area contributed by atoms with E-state index in [9.17, 15) is 0 Å². The predicted octanol–water partition coefficient (Wildman–Crippen LogP) is -4.70. The molecule has 4 heteroatoms. The maximum atomic E-state index is 4.95. The van der Waals surface area contributed by atoms with E-state index in [1.807, 2.05) is 18.2 Å². The summed E-state index contributed by atoms with van der Waals surface area (Å²) >= 11 is 9.87. The molecule has 0 heterocycles. The van der Waals surface area contributed by atoms with E-state index < -0.39 is 0 Å². The van der Waals surface area contributed by atoms with Gasteiger partial charge in [0.2, 0.25) is 0 Å². The molecular formula is C6H6Na2S2. The Bertz CT molecular complexity index is 143. The van der Waals surface area contributed by atoms with Gasteiger partial charge in [0, 0.05) is 0 Å². The zero-order valence-electron chi connectivity index (χ0n) is 6.33. The summed E-state index contributed by atoms with van der Waals surface area (Å²) in [5.74, 6) is 0. The normalized spacial score (nSPS) is 22.1. The molecule has 0 N–H and O–H groups in total. The molecule has 0 aliphatic heterocycles. The maximum absolute atomic E-state index is 4.95. The fourth-order valence-electron chi connectivity index (χ4n) is 0.597. The summed E-state index contributed by atoms with van der Waals surface area (Å²) in [6.45, 7) is 0. The average molecular weight is 188 g/mol. The molecule has 44 valence electrons. The molecule has 1 atom stereocenters. The third-order valence-corrected chi connectivity index (χ3v) is 2.03. The monoisotopic (exact) mass is 188 g/mol. The van der Waals surface area contributed by atoms with E-state index in [4.69, 9.17) is 25.3 Å². The van der Waals surface area contributed by atoms with Gasteiger partial charge in [-0.25, -0.2) is 4.91 Å². The fraction of sp³-hybridized carbons (Fsp3) is 0.333. The van der Waals surface area contributed by atoms with Gasteiger partial charge in [0.15, 0.2) is 0 Å². The van der Waals surface area contributed by atoms with Crippen molar-refractivity contribution in [1.82, 2.24) is 0 Å². The molecule has 0 aromatic carbocycles. The van der Waals surface area contributed by atoms with Gasteiger partial charge in [-0.05, 0) is 6.42 Å². The topological polar surface area (TPSA) is 0 Å². The van der Waals surface area contributed by atoms with Crippen molar-refractivity contribution in [2.45, 2.75) is 11.7 Å². The van der Waals surface area contributed by atoms with E-state index in [-0.39, 0.29) is 64.4 Å². The smallest absolute Gasteiger partial charge is 0.785 e. The Labute approximate surface area is 117 Å². The second-order valence-electron chi connectivity index (χ2n) is 1.69. The number of hydrogen-bond donors (Lipinski definition) is 0. The first-order valence-electron chi connectivity index (χ1n) is 2.50. The second kappa shape index (κ2) is 7.69. The minimum atomic E-state index is 0. The molecule has 0 nitrogen and oxygen atoms in total. The largest absolute Gasteiger partial charge is 1.00 e. The molecule has 1 rings (SSSR count). The van der Waals surface area contributed by atoms with E-state index >= 15 is 0 Å². The van der Waals surface area contributed by atoms with Crippen molar-refractivity contribution in [3.8, 4) is 0 Å². The van der Waals surface area contributed by atoms with Crippen LogP contribution in [0.1, 0.15) is 6.42 Å². The average Bonchev–Trinajstić information content (AvgIpc) is 1.77. The molecule has 0 aromatic rings. The van der Waals surface area contributed by atoms with Crippen LogP contribution in [0.3, 0.4) is 0 Å². The van der Waals surface area contributed by atoms with Crippen LogP contribution in [0.15, 0.2) is 23.1 Å². The van der Waals surface area contributed by atoms with Crippen LogP contribution >= 0.6 is 0 Å².